The van der Waals surface area contributed by atoms with Crippen LogP contribution in [0.3, 0.4) is 0 Å². The second-order valence-electron chi connectivity index (χ2n) is 7.38. The van der Waals surface area contributed by atoms with Crippen LogP contribution in [0.5, 0.6) is 5.75 Å². The number of hydrogen-bond donors (Lipinski definition) is 3. The number of aliphatic hydroxyl groups excluding tert-OH is 1. The molecule has 26 heavy (non-hydrogen) atoms. The number of rotatable bonds is 6. The Hall–Kier alpha value is -2.41. The van der Waals surface area contributed by atoms with E-state index in [9.17, 15) is 9.90 Å². The van der Waals surface area contributed by atoms with Gasteiger partial charge in [-0.3, -0.25) is 14.9 Å². The van der Waals surface area contributed by atoms with E-state index in [0.29, 0.717) is 30.1 Å². The summed E-state index contributed by atoms with van der Waals surface area (Å²) < 4.78 is 5.27. The minimum Gasteiger partial charge on any atom is -0.495 e. The van der Waals surface area contributed by atoms with Crippen molar-refractivity contribution < 1.29 is 14.6 Å². The number of ether oxygens (including phenoxy) is 1. The van der Waals surface area contributed by atoms with Crippen LogP contribution < -0.4 is 10.1 Å². The summed E-state index contributed by atoms with van der Waals surface area (Å²) in [5.41, 5.74) is 3.22. The van der Waals surface area contributed by atoms with Gasteiger partial charge in [0.2, 0.25) is 0 Å². The molecular formula is C19H24N4O3. The third kappa shape index (κ3) is 3.19. The lowest BCUT2D eigenvalue weighted by molar-refractivity contribution is 0.0234. The van der Waals surface area contributed by atoms with E-state index < -0.39 is 0 Å². The summed E-state index contributed by atoms with van der Waals surface area (Å²) in [5.74, 6) is 1.11. The zero-order valence-corrected chi connectivity index (χ0v) is 15.0. The molecule has 0 aromatic carbocycles. The van der Waals surface area contributed by atoms with Gasteiger partial charge in [0.1, 0.15) is 5.75 Å². The van der Waals surface area contributed by atoms with Crippen molar-refractivity contribution in [2.45, 2.75) is 50.7 Å². The summed E-state index contributed by atoms with van der Waals surface area (Å²) >= 11 is 0. The number of aryl methyl sites for hydroxylation is 1. The molecule has 0 radical (unpaired) electrons. The van der Waals surface area contributed by atoms with Gasteiger partial charge in [-0.2, -0.15) is 5.10 Å². The SMILES string of the molecule is COc1cncc(C(NC(=O)c2c(C3CC3)n[nH]c2C)C2CC(O)C2)c1. The molecule has 0 saturated heterocycles. The summed E-state index contributed by atoms with van der Waals surface area (Å²) in [4.78, 5) is 17.3. The first kappa shape index (κ1) is 17.0. The molecule has 0 bridgehead atoms. The van der Waals surface area contributed by atoms with Gasteiger partial charge in [0, 0.05) is 17.8 Å². The summed E-state index contributed by atoms with van der Waals surface area (Å²) in [5, 5.41) is 20.2. The van der Waals surface area contributed by atoms with Crippen molar-refractivity contribution >= 4 is 5.91 Å². The van der Waals surface area contributed by atoms with Gasteiger partial charge in [-0.25, -0.2) is 0 Å². The molecule has 1 amide bonds. The van der Waals surface area contributed by atoms with Crippen LogP contribution in [0.25, 0.3) is 0 Å². The number of H-pyrrole nitrogens is 1. The summed E-state index contributed by atoms with van der Waals surface area (Å²) in [6, 6.07) is 1.68. The highest BCUT2D eigenvalue weighted by molar-refractivity contribution is 5.97. The molecule has 1 unspecified atom stereocenters. The van der Waals surface area contributed by atoms with Crippen LogP contribution in [-0.2, 0) is 0 Å². The Kier molecular flexibility index (Phi) is 4.40. The topological polar surface area (TPSA) is 100 Å². The van der Waals surface area contributed by atoms with Crippen LogP contribution >= 0.6 is 0 Å². The maximum atomic E-state index is 13.1. The lowest BCUT2D eigenvalue weighted by Crippen LogP contribution is -2.41. The van der Waals surface area contributed by atoms with Gasteiger partial charge >= 0.3 is 0 Å². The molecule has 2 heterocycles. The molecule has 7 nitrogen and oxygen atoms in total. The molecule has 1 atom stereocenters. The van der Waals surface area contributed by atoms with Crippen molar-refractivity contribution in [3.05, 3.63) is 41.0 Å². The lowest BCUT2D eigenvalue weighted by atomic mass is 9.75. The van der Waals surface area contributed by atoms with Crippen LogP contribution in [0.4, 0.5) is 0 Å². The molecular weight excluding hydrogens is 332 g/mol. The minimum absolute atomic E-state index is 0.118. The quantitative estimate of drug-likeness (QED) is 0.737. The highest BCUT2D eigenvalue weighted by Gasteiger charge is 2.38. The number of carbonyl (C=O) groups is 1. The Labute approximate surface area is 152 Å². The molecule has 0 spiro atoms. The third-order valence-electron chi connectivity index (χ3n) is 5.40. The van der Waals surface area contributed by atoms with Crippen molar-refractivity contribution in [1.29, 1.82) is 0 Å². The first-order valence-corrected chi connectivity index (χ1v) is 9.09. The van der Waals surface area contributed by atoms with E-state index >= 15 is 0 Å². The molecule has 4 rings (SSSR count). The van der Waals surface area contributed by atoms with Gasteiger partial charge in [0.25, 0.3) is 5.91 Å². The molecule has 0 aliphatic heterocycles. The number of hydrogen-bond acceptors (Lipinski definition) is 5. The molecule has 2 aliphatic carbocycles. The number of aromatic nitrogens is 3. The third-order valence-corrected chi connectivity index (χ3v) is 5.40. The minimum atomic E-state index is -0.296. The average molecular weight is 356 g/mol. The first-order chi connectivity index (χ1) is 12.6. The standard InChI is InChI=1S/C19H24N4O3/c1-10-16(18(23-22-10)11-3-4-11)19(25)21-17(12-5-14(24)6-12)13-7-15(26-2)9-20-8-13/h7-9,11-12,14,17,24H,3-6H2,1-2H3,(H,21,25)(H,22,23). The zero-order valence-electron chi connectivity index (χ0n) is 15.0. The van der Waals surface area contributed by atoms with Crippen molar-refractivity contribution in [3.8, 4) is 5.75 Å². The van der Waals surface area contributed by atoms with Crippen molar-refractivity contribution in [2.75, 3.05) is 7.11 Å². The summed E-state index contributed by atoms with van der Waals surface area (Å²) in [6.07, 6.45) is 6.61. The summed E-state index contributed by atoms with van der Waals surface area (Å²) in [6.45, 7) is 1.88. The highest BCUT2D eigenvalue weighted by Crippen LogP contribution is 2.42. The van der Waals surface area contributed by atoms with Gasteiger partial charge in [0.15, 0.2) is 0 Å². The van der Waals surface area contributed by atoms with Crippen molar-refractivity contribution in [3.63, 3.8) is 0 Å². The number of amides is 1. The summed E-state index contributed by atoms with van der Waals surface area (Å²) in [7, 11) is 1.60. The Morgan fingerprint density at radius 2 is 2.15 bits per heavy atom. The largest absolute Gasteiger partial charge is 0.495 e. The number of aromatic amines is 1. The molecule has 3 N–H and O–H groups in total. The normalized spacial score (nSPS) is 23.2. The van der Waals surface area contributed by atoms with E-state index in [-0.39, 0.29) is 24.0 Å². The molecule has 7 heteroatoms. The van der Waals surface area contributed by atoms with E-state index in [4.69, 9.17) is 4.74 Å². The van der Waals surface area contributed by atoms with Gasteiger partial charge in [-0.15, -0.1) is 0 Å². The lowest BCUT2D eigenvalue weighted by Gasteiger charge is -2.38. The van der Waals surface area contributed by atoms with E-state index in [1.165, 1.54) is 0 Å². The molecule has 2 fully saturated rings. The number of nitrogens with one attached hydrogen (secondary N) is 2. The van der Waals surface area contributed by atoms with Gasteiger partial charge in [0.05, 0.1) is 36.7 Å². The maximum absolute atomic E-state index is 13.1. The Bertz CT molecular complexity index is 809. The number of pyridine rings is 1. The van der Waals surface area contributed by atoms with Crippen LogP contribution in [-0.4, -0.2) is 39.4 Å². The van der Waals surface area contributed by atoms with E-state index in [1.807, 2.05) is 13.0 Å². The van der Waals surface area contributed by atoms with Crippen LogP contribution in [0, 0.1) is 12.8 Å². The molecule has 2 saturated carbocycles. The fourth-order valence-electron chi connectivity index (χ4n) is 3.69. The van der Waals surface area contributed by atoms with E-state index in [2.05, 4.69) is 20.5 Å². The van der Waals surface area contributed by atoms with Gasteiger partial charge < -0.3 is 15.2 Å². The second-order valence-corrected chi connectivity index (χ2v) is 7.38. The number of aliphatic hydroxyl groups is 1. The molecule has 138 valence electrons. The maximum Gasteiger partial charge on any atom is 0.255 e. The monoisotopic (exact) mass is 356 g/mol. The average Bonchev–Trinajstić information content (AvgIpc) is 3.39. The predicted octanol–water partition coefficient (Wildman–Crippen LogP) is 2.24. The molecule has 2 aromatic rings. The van der Waals surface area contributed by atoms with Crippen LogP contribution in [0.2, 0.25) is 0 Å². The predicted molar refractivity (Wildman–Crippen MR) is 95.0 cm³/mol. The Balaban J connectivity index is 1.60. The molecule has 2 aliphatic rings. The zero-order chi connectivity index (χ0) is 18.3. The fourth-order valence-corrected chi connectivity index (χ4v) is 3.69. The Morgan fingerprint density at radius 1 is 1.38 bits per heavy atom. The number of methoxy groups -OCH3 is 1. The Morgan fingerprint density at radius 3 is 2.81 bits per heavy atom. The smallest absolute Gasteiger partial charge is 0.255 e. The van der Waals surface area contributed by atoms with E-state index in [1.54, 1.807) is 19.5 Å². The number of carbonyl (C=O) groups excluding carboxylic acids is 1. The second kappa shape index (κ2) is 6.72. The van der Waals surface area contributed by atoms with Crippen molar-refractivity contribution in [2.24, 2.45) is 5.92 Å². The van der Waals surface area contributed by atoms with Crippen LogP contribution in [0.1, 0.15) is 65.0 Å². The van der Waals surface area contributed by atoms with Crippen LogP contribution in [0.15, 0.2) is 18.5 Å². The van der Waals surface area contributed by atoms with Gasteiger partial charge in [-0.05, 0) is 50.2 Å². The van der Waals surface area contributed by atoms with Crippen molar-refractivity contribution in [1.82, 2.24) is 20.5 Å². The number of nitrogens with zero attached hydrogens (tertiary/aromatic N) is 2. The first-order valence-electron chi connectivity index (χ1n) is 9.09. The molecule has 2 aromatic heterocycles. The highest BCUT2D eigenvalue weighted by atomic mass is 16.5. The fraction of sp³-hybridized carbons (Fsp3) is 0.526. The van der Waals surface area contributed by atoms with E-state index in [0.717, 1.165) is 29.8 Å². The van der Waals surface area contributed by atoms with Gasteiger partial charge in [-0.1, -0.05) is 0 Å².